The van der Waals surface area contributed by atoms with Gasteiger partial charge >= 0.3 is 0 Å². The largest absolute Gasteiger partial charge is 0.391 e. The molecule has 2 bridgehead atoms. The maximum Gasteiger partial charge on any atom is 0.141 e. The van der Waals surface area contributed by atoms with E-state index in [-0.39, 0.29) is 6.10 Å². The fourth-order valence-electron chi connectivity index (χ4n) is 4.79. The molecule has 0 saturated heterocycles. The third-order valence-corrected chi connectivity index (χ3v) is 6.11. The summed E-state index contributed by atoms with van der Waals surface area (Å²) in [6.07, 6.45) is 7.11. The SMILES string of the molecule is CC1=CC=C(C2=NOC3C4CC(C5N=NC45)C23)CC1C. The minimum atomic E-state index is 0.277. The van der Waals surface area contributed by atoms with Crippen molar-refractivity contribution in [1.82, 2.24) is 0 Å². The van der Waals surface area contributed by atoms with Gasteiger partial charge in [0.05, 0.1) is 11.8 Å². The van der Waals surface area contributed by atoms with E-state index in [0.717, 1.165) is 6.42 Å². The van der Waals surface area contributed by atoms with Gasteiger partial charge in [-0.15, -0.1) is 0 Å². The summed E-state index contributed by atoms with van der Waals surface area (Å²) in [5.74, 6) is 2.28. The highest BCUT2D eigenvalue weighted by Gasteiger charge is 2.66. The molecule has 5 aliphatic rings. The highest BCUT2D eigenvalue weighted by atomic mass is 16.6. The van der Waals surface area contributed by atoms with Crippen molar-refractivity contribution in [1.29, 1.82) is 0 Å². The van der Waals surface area contributed by atoms with E-state index in [9.17, 15) is 0 Å². The number of azo groups is 1. The molecule has 0 aromatic heterocycles. The standard InChI is InChI=1S/C16H19N3O/c1-7-3-4-9(5-8(7)2)13-12-10-6-11(16(12)20-19-13)15-14(10)17-18-15/h3-4,8,10-12,14-16H,5-6H2,1-2H3. The molecular weight excluding hydrogens is 250 g/mol. The predicted molar refractivity (Wildman–Crippen MR) is 75.4 cm³/mol. The molecule has 2 saturated carbocycles. The van der Waals surface area contributed by atoms with Gasteiger partial charge in [0.2, 0.25) is 0 Å². The Morgan fingerprint density at radius 3 is 2.70 bits per heavy atom. The quantitative estimate of drug-likeness (QED) is 0.721. The number of oxime groups is 1. The molecule has 0 radical (unpaired) electrons. The van der Waals surface area contributed by atoms with Crippen LogP contribution in [0.4, 0.5) is 0 Å². The van der Waals surface area contributed by atoms with Crippen LogP contribution in [0.5, 0.6) is 0 Å². The lowest BCUT2D eigenvalue weighted by atomic mass is 9.74. The van der Waals surface area contributed by atoms with Gasteiger partial charge in [-0.1, -0.05) is 29.8 Å². The van der Waals surface area contributed by atoms with E-state index in [1.54, 1.807) is 0 Å². The van der Waals surface area contributed by atoms with Gasteiger partial charge < -0.3 is 4.84 Å². The van der Waals surface area contributed by atoms with Gasteiger partial charge in [-0.2, -0.15) is 10.2 Å². The summed E-state index contributed by atoms with van der Waals surface area (Å²) >= 11 is 0. The Bertz CT molecular complexity index is 603. The van der Waals surface area contributed by atoms with Crippen LogP contribution in [0.25, 0.3) is 0 Å². The summed E-state index contributed by atoms with van der Waals surface area (Å²) in [5.41, 5.74) is 4.07. The van der Waals surface area contributed by atoms with E-state index < -0.39 is 0 Å². The Labute approximate surface area is 118 Å². The first-order valence-corrected chi connectivity index (χ1v) is 7.75. The molecule has 0 spiro atoms. The van der Waals surface area contributed by atoms with Gasteiger partial charge in [0.1, 0.15) is 12.1 Å². The van der Waals surface area contributed by atoms with Crippen molar-refractivity contribution in [2.45, 2.75) is 44.9 Å². The number of hydrogen-bond acceptors (Lipinski definition) is 4. The zero-order valence-electron chi connectivity index (χ0n) is 11.9. The first kappa shape index (κ1) is 11.2. The number of nitrogens with zero attached hydrogens (tertiary/aromatic N) is 3. The summed E-state index contributed by atoms with van der Waals surface area (Å²) in [4.78, 5) is 5.82. The lowest BCUT2D eigenvalue weighted by Gasteiger charge is -2.36. The summed E-state index contributed by atoms with van der Waals surface area (Å²) < 4.78 is 0. The van der Waals surface area contributed by atoms with E-state index in [1.165, 1.54) is 23.3 Å². The van der Waals surface area contributed by atoms with Crippen LogP contribution in [0.15, 0.2) is 38.7 Å². The summed E-state index contributed by atoms with van der Waals surface area (Å²) in [6.45, 7) is 4.51. The average Bonchev–Trinajstić information content (AvgIpc) is 3.00. The Morgan fingerprint density at radius 1 is 1.15 bits per heavy atom. The molecule has 4 heteroatoms. The number of allylic oxidation sites excluding steroid dienone is 4. The molecule has 4 nitrogen and oxygen atoms in total. The van der Waals surface area contributed by atoms with Crippen LogP contribution >= 0.6 is 0 Å². The van der Waals surface area contributed by atoms with Crippen LogP contribution in [0.1, 0.15) is 26.7 Å². The molecule has 7 atom stereocenters. The summed E-state index contributed by atoms with van der Waals surface area (Å²) in [5, 5.41) is 13.1. The minimum absolute atomic E-state index is 0.277. The van der Waals surface area contributed by atoms with Crippen molar-refractivity contribution in [2.24, 2.45) is 39.1 Å². The zero-order chi connectivity index (χ0) is 13.4. The van der Waals surface area contributed by atoms with Crippen molar-refractivity contribution in [3.05, 3.63) is 23.3 Å². The monoisotopic (exact) mass is 269 g/mol. The zero-order valence-corrected chi connectivity index (χ0v) is 11.9. The number of fused-ring (bicyclic) bond motifs is 8. The van der Waals surface area contributed by atoms with Crippen molar-refractivity contribution < 1.29 is 4.84 Å². The van der Waals surface area contributed by atoms with Crippen LogP contribution in [0, 0.1) is 23.7 Å². The van der Waals surface area contributed by atoms with Crippen LogP contribution < -0.4 is 0 Å². The van der Waals surface area contributed by atoms with Crippen molar-refractivity contribution >= 4 is 5.71 Å². The van der Waals surface area contributed by atoms with Crippen LogP contribution in [0.2, 0.25) is 0 Å². The normalized spacial score (nSPS) is 50.7. The molecule has 2 aliphatic heterocycles. The van der Waals surface area contributed by atoms with Gasteiger partial charge in [0.15, 0.2) is 0 Å². The molecule has 0 amide bonds. The summed E-state index contributed by atoms with van der Waals surface area (Å²) in [6, 6.07) is 0.907. The maximum atomic E-state index is 5.82. The van der Waals surface area contributed by atoms with Gasteiger partial charge in [0, 0.05) is 11.8 Å². The third-order valence-electron chi connectivity index (χ3n) is 6.11. The summed E-state index contributed by atoms with van der Waals surface area (Å²) in [7, 11) is 0. The fraction of sp³-hybridized carbons (Fsp3) is 0.688. The lowest BCUT2D eigenvalue weighted by molar-refractivity contribution is 0.00785. The second-order valence-corrected chi connectivity index (χ2v) is 7.06. The minimum Gasteiger partial charge on any atom is -0.391 e. The van der Waals surface area contributed by atoms with Crippen LogP contribution in [-0.2, 0) is 4.84 Å². The molecule has 2 heterocycles. The maximum absolute atomic E-state index is 5.82. The Hall–Kier alpha value is -1.45. The van der Waals surface area contributed by atoms with Crippen LogP contribution in [0.3, 0.4) is 0 Å². The number of hydrogen-bond donors (Lipinski definition) is 0. The number of rotatable bonds is 1. The van der Waals surface area contributed by atoms with E-state index in [1.807, 2.05) is 0 Å². The Balaban J connectivity index is 1.48. The van der Waals surface area contributed by atoms with E-state index in [4.69, 9.17) is 4.84 Å². The topological polar surface area (TPSA) is 46.3 Å². The molecule has 7 unspecified atom stereocenters. The van der Waals surface area contributed by atoms with Gasteiger partial charge in [0.25, 0.3) is 0 Å². The second-order valence-electron chi connectivity index (χ2n) is 7.06. The molecular formula is C16H19N3O. The highest BCUT2D eigenvalue weighted by molar-refractivity contribution is 6.03. The lowest BCUT2D eigenvalue weighted by Crippen LogP contribution is -2.47. The molecule has 104 valence electrons. The first-order valence-electron chi connectivity index (χ1n) is 7.75. The molecule has 0 aromatic rings. The highest BCUT2D eigenvalue weighted by Crippen LogP contribution is 2.58. The van der Waals surface area contributed by atoms with Crippen molar-refractivity contribution in [2.75, 3.05) is 0 Å². The molecule has 0 aromatic carbocycles. The first-order chi connectivity index (χ1) is 9.74. The van der Waals surface area contributed by atoms with Crippen molar-refractivity contribution in [3.8, 4) is 0 Å². The molecule has 20 heavy (non-hydrogen) atoms. The average molecular weight is 269 g/mol. The van der Waals surface area contributed by atoms with Gasteiger partial charge in [-0.25, -0.2) is 0 Å². The van der Waals surface area contributed by atoms with Gasteiger partial charge in [-0.3, -0.25) is 0 Å². The predicted octanol–water partition coefficient (Wildman–Crippen LogP) is 3.12. The molecule has 3 aliphatic carbocycles. The molecule has 5 rings (SSSR count). The van der Waals surface area contributed by atoms with E-state index in [2.05, 4.69) is 41.4 Å². The van der Waals surface area contributed by atoms with Gasteiger partial charge in [-0.05, 0) is 37.2 Å². The molecule has 2 fully saturated rings. The van der Waals surface area contributed by atoms with Crippen LogP contribution in [-0.4, -0.2) is 23.9 Å². The fourth-order valence-corrected chi connectivity index (χ4v) is 4.79. The van der Waals surface area contributed by atoms with Crippen molar-refractivity contribution in [3.63, 3.8) is 0 Å². The smallest absolute Gasteiger partial charge is 0.141 e. The second kappa shape index (κ2) is 3.60. The van der Waals surface area contributed by atoms with E-state index >= 15 is 0 Å². The third kappa shape index (κ3) is 1.21. The molecule has 0 N–H and O–H groups in total. The Morgan fingerprint density at radius 2 is 1.95 bits per heavy atom. The Kier molecular flexibility index (Phi) is 2.02. The van der Waals surface area contributed by atoms with E-state index in [0.29, 0.717) is 35.8 Å².